The topological polar surface area (TPSA) is 145 Å². The Labute approximate surface area is 184 Å². The zero-order valence-electron chi connectivity index (χ0n) is 18.3. The number of halogens is 1. The Morgan fingerprint density at radius 2 is 1.81 bits per heavy atom. The maximum atomic E-state index is 13.3. The van der Waals surface area contributed by atoms with Crippen LogP contribution < -0.4 is 21.9 Å². The van der Waals surface area contributed by atoms with Gasteiger partial charge in [-0.15, -0.1) is 0 Å². The summed E-state index contributed by atoms with van der Waals surface area (Å²) in [5, 5.41) is -1.63. The van der Waals surface area contributed by atoms with Crippen molar-refractivity contribution in [3.8, 4) is 0 Å². The van der Waals surface area contributed by atoms with Gasteiger partial charge in [0.25, 0.3) is 5.56 Å². The Hall–Kier alpha value is -2.99. The molecule has 1 amide bonds. The first-order valence-electron chi connectivity index (χ1n) is 9.84. The van der Waals surface area contributed by atoms with E-state index in [-0.39, 0.29) is 42.0 Å². The molecule has 0 bridgehead atoms. The van der Waals surface area contributed by atoms with Gasteiger partial charge in [0.1, 0.15) is 16.9 Å². The summed E-state index contributed by atoms with van der Waals surface area (Å²) in [4.78, 5) is 40.9. The molecule has 0 aliphatic heterocycles. The van der Waals surface area contributed by atoms with Crippen molar-refractivity contribution >= 4 is 27.2 Å². The lowest BCUT2D eigenvalue weighted by Crippen LogP contribution is -2.47. The van der Waals surface area contributed by atoms with Gasteiger partial charge in [0, 0.05) is 20.2 Å². The normalized spacial score (nSPS) is 12.7. The summed E-state index contributed by atoms with van der Waals surface area (Å²) >= 11 is 0. The molecule has 0 aliphatic carbocycles. The summed E-state index contributed by atoms with van der Waals surface area (Å²) in [6, 6.07) is 4.05. The van der Waals surface area contributed by atoms with Gasteiger partial charge in [-0.1, -0.05) is 13.8 Å². The van der Waals surface area contributed by atoms with E-state index in [1.54, 1.807) is 0 Å². The van der Waals surface area contributed by atoms with Crippen LogP contribution in [0.1, 0.15) is 20.8 Å². The van der Waals surface area contributed by atoms with Crippen molar-refractivity contribution in [3.63, 3.8) is 0 Å². The fourth-order valence-corrected chi connectivity index (χ4v) is 4.40. The third-order valence-corrected chi connectivity index (χ3v) is 6.83. The second-order valence-electron chi connectivity index (χ2n) is 7.62. The van der Waals surface area contributed by atoms with Crippen molar-refractivity contribution < 1.29 is 22.3 Å². The van der Waals surface area contributed by atoms with Crippen molar-refractivity contribution in [2.75, 3.05) is 30.9 Å². The molecule has 0 saturated heterocycles. The van der Waals surface area contributed by atoms with Crippen LogP contribution in [0.15, 0.2) is 38.8 Å². The number of ether oxygens (including phenoxy) is 1. The van der Waals surface area contributed by atoms with Crippen LogP contribution >= 0.6 is 0 Å². The predicted octanol–water partition coefficient (Wildman–Crippen LogP) is 0.756. The SMILES string of the molecule is COCCN(C(=O)C(C)S(=O)(=O)c1ccc(F)cc1)c1c(N)n(CC(C)C)c(=O)[nH]c1=O. The molecule has 1 atom stereocenters. The van der Waals surface area contributed by atoms with Crippen molar-refractivity contribution in [2.45, 2.75) is 37.5 Å². The second kappa shape index (κ2) is 10.1. The predicted molar refractivity (Wildman–Crippen MR) is 118 cm³/mol. The highest BCUT2D eigenvalue weighted by Crippen LogP contribution is 2.23. The lowest BCUT2D eigenvalue weighted by molar-refractivity contribution is -0.118. The summed E-state index contributed by atoms with van der Waals surface area (Å²) in [5.41, 5.74) is 4.09. The molecule has 1 aromatic heterocycles. The number of hydrogen-bond acceptors (Lipinski definition) is 7. The van der Waals surface area contributed by atoms with E-state index in [4.69, 9.17) is 10.5 Å². The number of nitrogen functional groups attached to an aromatic ring is 1. The van der Waals surface area contributed by atoms with Crippen LogP contribution in [-0.2, 0) is 25.9 Å². The van der Waals surface area contributed by atoms with Crippen molar-refractivity contribution in [1.29, 1.82) is 0 Å². The largest absolute Gasteiger partial charge is 0.383 e. The molecule has 0 fully saturated rings. The zero-order valence-corrected chi connectivity index (χ0v) is 19.1. The van der Waals surface area contributed by atoms with Crippen LogP contribution in [0, 0.1) is 11.7 Å². The lowest BCUT2D eigenvalue weighted by Gasteiger charge is -2.27. The number of amides is 1. The van der Waals surface area contributed by atoms with Gasteiger partial charge in [0.15, 0.2) is 15.5 Å². The lowest BCUT2D eigenvalue weighted by atomic mass is 10.2. The number of carbonyl (C=O) groups is 1. The molecule has 10 nitrogen and oxygen atoms in total. The van der Waals surface area contributed by atoms with Gasteiger partial charge in [0.2, 0.25) is 5.91 Å². The molecule has 12 heteroatoms. The number of anilines is 2. The van der Waals surface area contributed by atoms with E-state index >= 15 is 0 Å². The first kappa shape index (κ1) is 25.3. The molecular formula is C20H27FN4O6S. The average Bonchev–Trinajstić information content (AvgIpc) is 2.72. The number of methoxy groups -OCH3 is 1. The van der Waals surface area contributed by atoms with Crippen LogP contribution in [0.3, 0.4) is 0 Å². The van der Waals surface area contributed by atoms with Crippen LogP contribution in [-0.4, -0.2) is 49.4 Å². The first-order chi connectivity index (χ1) is 14.9. The minimum Gasteiger partial charge on any atom is -0.383 e. The van der Waals surface area contributed by atoms with Gasteiger partial charge in [-0.2, -0.15) is 0 Å². The minimum atomic E-state index is -4.22. The summed E-state index contributed by atoms with van der Waals surface area (Å²) in [6.45, 7) is 4.78. The van der Waals surface area contributed by atoms with E-state index in [1.165, 1.54) is 7.11 Å². The zero-order chi connectivity index (χ0) is 24.2. The third-order valence-electron chi connectivity index (χ3n) is 4.77. The monoisotopic (exact) mass is 470 g/mol. The van der Waals surface area contributed by atoms with Gasteiger partial charge in [0.05, 0.1) is 11.5 Å². The number of nitrogens with zero attached hydrogens (tertiary/aromatic N) is 2. The van der Waals surface area contributed by atoms with Crippen LogP contribution in [0.5, 0.6) is 0 Å². The van der Waals surface area contributed by atoms with Gasteiger partial charge in [-0.05, 0) is 37.1 Å². The molecule has 0 spiro atoms. The Bertz CT molecular complexity index is 1190. The molecule has 1 aromatic carbocycles. The van der Waals surface area contributed by atoms with E-state index in [0.29, 0.717) is 0 Å². The molecule has 176 valence electrons. The fourth-order valence-electron chi connectivity index (χ4n) is 3.08. The number of carbonyl (C=O) groups excluding carboxylic acids is 1. The van der Waals surface area contributed by atoms with E-state index in [1.807, 2.05) is 13.8 Å². The number of aromatic nitrogens is 2. The van der Waals surface area contributed by atoms with E-state index < -0.39 is 38.1 Å². The van der Waals surface area contributed by atoms with Crippen LogP contribution in [0.25, 0.3) is 0 Å². The molecule has 0 radical (unpaired) electrons. The van der Waals surface area contributed by atoms with E-state index in [9.17, 15) is 27.2 Å². The number of nitrogens with one attached hydrogen (secondary N) is 1. The van der Waals surface area contributed by atoms with Crippen molar-refractivity contribution in [3.05, 3.63) is 50.9 Å². The quantitative estimate of drug-likeness (QED) is 0.515. The van der Waals surface area contributed by atoms with Crippen molar-refractivity contribution in [2.24, 2.45) is 5.92 Å². The highest BCUT2D eigenvalue weighted by Gasteiger charge is 2.35. The second-order valence-corrected chi connectivity index (χ2v) is 9.89. The highest BCUT2D eigenvalue weighted by molar-refractivity contribution is 7.92. The molecule has 2 aromatic rings. The molecular weight excluding hydrogens is 443 g/mol. The molecule has 0 aliphatic rings. The summed E-state index contributed by atoms with van der Waals surface area (Å²) in [5.74, 6) is -1.84. The smallest absolute Gasteiger partial charge is 0.330 e. The number of benzene rings is 1. The Kier molecular flexibility index (Phi) is 7.97. The number of rotatable bonds is 9. The van der Waals surface area contributed by atoms with Crippen LogP contribution in [0.2, 0.25) is 0 Å². The molecule has 3 N–H and O–H groups in total. The average molecular weight is 471 g/mol. The molecule has 1 heterocycles. The Morgan fingerprint density at radius 3 is 2.34 bits per heavy atom. The van der Waals surface area contributed by atoms with Gasteiger partial charge >= 0.3 is 5.69 Å². The molecule has 32 heavy (non-hydrogen) atoms. The maximum absolute atomic E-state index is 13.3. The van der Waals surface area contributed by atoms with Gasteiger partial charge in [-0.3, -0.25) is 19.1 Å². The number of nitrogens with two attached hydrogens (primary N) is 1. The highest BCUT2D eigenvalue weighted by atomic mass is 32.2. The number of hydrogen-bond donors (Lipinski definition) is 2. The maximum Gasteiger partial charge on any atom is 0.330 e. The fraction of sp³-hybridized carbons (Fsp3) is 0.450. The van der Waals surface area contributed by atoms with Crippen LogP contribution in [0.4, 0.5) is 15.9 Å². The number of H-pyrrole nitrogens is 1. The summed E-state index contributed by atoms with van der Waals surface area (Å²) in [6.07, 6.45) is 0. The van der Waals surface area contributed by atoms with Gasteiger partial charge in [-0.25, -0.2) is 17.6 Å². The third kappa shape index (κ3) is 5.25. The number of sulfone groups is 1. The molecule has 2 rings (SSSR count). The summed E-state index contributed by atoms with van der Waals surface area (Å²) in [7, 11) is -2.85. The molecule has 1 unspecified atom stereocenters. The standard InChI is InChI=1S/C20H27FN4O6S/c1-12(2)11-25-17(22)16(18(26)23-20(25)28)24(9-10-31-4)19(27)13(3)32(29,30)15-7-5-14(21)6-8-15/h5-8,12-13H,9-11,22H2,1-4H3,(H,23,26,28). The van der Waals surface area contributed by atoms with Gasteiger partial charge < -0.3 is 15.4 Å². The van der Waals surface area contributed by atoms with Crippen molar-refractivity contribution in [1.82, 2.24) is 9.55 Å². The van der Waals surface area contributed by atoms with E-state index in [0.717, 1.165) is 40.7 Å². The minimum absolute atomic E-state index is 0.00495. The summed E-state index contributed by atoms with van der Waals surface area (Å²) < 4.78 is 45.2. The number of aromatic amines is 1. The first-order valence-corrected chi connectivity index (χ1v) is 11.4. The molecule has 0 saturated carbocycles. The Balaban J connectivity index is 2.59. The van der Waals surface area contributed by atoms with E-state index in [2.05, 4.69) is 4.98 Å². The Morgan fingerprint density at radius 1 is 1.22 bits per heavy atom.